The van der Waals surface area contributed by atoms with E-state index in [0.717, 1.165) is 10.1 Å². The van der Waals surface area contributed by atoms with Crippen LogP contribution in [0.4, 0.5) is 17.6 Å². The maximum absolute atomic E-state index is 13.2. The van der Waals surface area contributed by atoms with Crippen LogP contribution < -0.4 is 0 Å². The van der Waals surface area contributed by atoms with E-state index >= 15 is 0 Å². The predicted octanol–water partition coefficient (Wildman–Crippen LogP) is 4.90. The molecule has 0 atom stereocenters. The van der Waals surface area contributed by atoms with Crippen molar-refractivity contribution in [1.29, 1.82) is 0 Å². The van der Waals surface area contributed by atoms with Gasteiger partial charge >= 0.3 is 0 Å². The fourth-order valence-corrected chi connectivity index (χ4v) is 2.85. The van der Waals surface area contributed by atoms with Crippen molar-refractivity contribution >= 4 is 17.2 Å². The second kappa shape index (κ2) is 7.19. The van der Waals surface area contributed by atoms with Crippen molar-refractivity contribution in [2.45, 2.75) is 19.3 Å². The van der Waals surface area contributed by atoms with Crippen LogP contribution in [-0.2, 0) is 6.42 Å². The van der Waals surface area contributed by atoms with Crippen molar-refractivity contribution in [3.63, 3.8) is 0 Å². The Kier molecular flexibility index (Phi) is 4.71. The molecular weight excluding hydrogens is 402 g/mol. The number of fused-ring (bicyclic) bond motifs is 1. The van der Waals surface area contributed by atoms with E-state index in [1.54, 1.807) is 18.2 Å². The molecule has 0 aliphatic rings. The largest absolute Gasteiger partial charge is 0.419 e. The molecule has 0 aliphatic carbocycles. The minimum absolute atomic E-state index is 0.0404. The summed E-state index contributed by atoms with van der Waals surface area (Å²) in [6.07, 6.45) is -5.71. The fraction of sp³-hybridized carbons (Fsp3) is 0.176. The van der Waals surface area contributed by atoms with Gasteiger partial charge in [-0.05, 0) is 23.8 Å². The molecule has 11 heteroatoms. The monoisotopic (exact) mass is 411 g/mol. The van der Waals surface area contributed by atoms with E-state index in [2.05, 4.69) is 20.3 Å². The molecule has 0 saturated heterocycles. The Morgan fingerprint density at radius 1 is 1.04 bits per heavy atom. The Balaban J connectivity index is 1.70. The molecule has 0 N–H and O–H groups in total. The van der Waals surface area contributed by atoms with E-state index in [-0.39, 0.29) is 23.1 Å². The zero-order valence-electron chi connectivity index (χ0n) is 13.9. The first-order chi connectivity index (χ1) is 13.4. The maximum atomic E-state index is 13.2. The molecule has 0 spiro atoms. The molecular formula is C17H10ClF4N5O. The van der Waals surface area contributed by atoms with E-state index < -0.39 is 24.2 Å². The summed E-state index contributed by atoms with van der Waals surface area (Å²) >= 11 is 5.93. The second-order valence-electron chi connectivity index (χ2n) is 5.81. The van der Waals surface area contributed by atoms with Crippen molar-refractivity contribution < 1.29 is 22.0 Å². The van der Waals surface area contributed by atoms with Crippen molar-refractivity contribution in [2.24, 2.45) is 0 Å². The number of nitrogens with zero attached hydrogens (tertiary/aromatic N) is 5. The van der Waals surface area contributed by atoms with Crippen LogP contribution in [-0.4, -0.2) is 24.8 Å². The number of halogens is 5. The lowest BCUT2D eigenvalue weighted by Gasteiger charge is -2.06. The molecule has 0 radical (unpaired) electrons. The Labute approximate surface area is 159 Å². The standard InChI is InChI=1S/C17H10ClF4N5O/c18-9-3-1-2-8(4-9)5-14-24-25-17(28-14)11-7-13-23-10(15(19)20)6-12(16(21)22)27(13)26-11/h1-4,6-7,15-16H,5H2. The van der Waals surface area contributed by atoms with E-state index in [4.69, 9.17) is 16.0 Å². The van der Waals surface area contributed by atoms with Gasteiger partial charge in [-0.15, -0.1) is 10.2 Å². The van der Waals surface area contributed by atoms with Gasteiger partial charge in [-0.1, -0.05) is 23.7 Å². The molecule has 4 aromatic rings. The van der Waals surface area contributed by atoms with Crippen LogP contribution in [0, 0.1) is 0 Å². The minimum Gasteiger partial charge on any atom is -0.419 e. The van der Waals surface area contributed by atoms with Gasteiger partial charge in [0.2, 0.25) is 5.89 Å². The number of alkyl halides is 4. The van der Waals surface area contributed by atoms with Crippen molar-refractivity contribution in [2.75, 3.05) is 0 Å². The number of aromatic nitrogens is 5. The van der Waals surface area contributed by atoms with Gasteiger partial charge in [-0.3, -0.25) is 0 Å². The summed E-state index contributed by atoms with van der Waals surface area (Å²) in [6.45, 7) is 0. The average molecular weight is 412 g/mol. The SMILES string of the molecule is FC(F)c1cc(C(F)F)n2nc(-c3nnc(Cc4cccc(Cl)c4)o3)cc2n1. The summed E-state index contributed by atoms with van der Waals surface area (Å²) in [7, 11) is 0. The van der Waals surface area contributed by atoms with Crippen LogP contribution >= 0.6 is 11.6 Å². The third kappa shape index (κ3) is 3.55. The second-order valence-corrected chi connectivity index (χ2v) is 6.25. The van der Waals surface area contributed by atoms with Gasteiger partial charge in [-0.25, -0.2) is 27.1 Å². The molecule has 0 aliphatic heterocycles. The highest BCUT2D eigenvalue weighted by Gasteiger charge is 2.22. The molecule has 1 aromatic carbocycles. The normalized spacial score (nSPS) is 11.8. The average Bonchev–Trinajstić information content (AvgIpc) is 3.27. The van der Waals surface area contributed by atoms with Gasteiger partial charge < -0.3 is 4.42 Å². The van der Waals surface area contributed by atoms with E-state index in [1.807, 2.05) is 6.07 Å². The molecule has 0 amide bonds. The van der Waals surface area contributed by atoms with Gasteiger partial charge in [0.1, 0.15) is 11.4 Å². The third-order valence-electron chi connectivity index (χ3n) is 3.85. The van der Waals surface area contributed by atoms with Crippen LogP contribution in [0.15, 0.2) is 40.8 Å². The number of hydrogen-bond donors (Lipinski definition) is 0. The molecule has 0 bridgehead atoms. The van der Waals surface area contributed by atoms with Gasteiger partial charge in [0.15, 0.2) is 11.3 Å². The molecule has 0 saturated carbocycles. The molecule has 3 heterocycles. The fourth-order valence-electron chi connectivity index (χ4n) is 2.64. The quantitative estimate of drug-likeness (QED) is 0.437. The molecule has 0 fully saturated rings. The van der Waals surface area contributed by atoms with Crippen LogP contribution in [0.25, 0.3) is 17.2 Å². The number of hydrogen-bond acceptors (Lipinski definition) is 5. The summed E-state index contributed by atoms with van der Waals surface area (Å²) in [5.74, 6) is 0.214. The number of benzene rings is 1. The Morgan fingerprint density at radius 2 is 1.86 bits per heavy atom. The lowest BCUT2D eigenvalue weighted by molar-refractivity contribution is 0.135. The molecule has 3 aromatic heterocycles. The topological polar surface area (TPSA) is 69.1 Å². The zero-order chi connectivity index (χ0) is 19.8. The van der Waals surface area contributed by atoms with E-state index in [1.165, 1.54) is 6.07 Å². The lowest BCUT2D eigenvalue weighted by Crippen LogP contribution is -2.04. The van der Waals surface area contributed by atoms with Crippen molar-refractivity contribution in [3.05, 3.63) is 64.3 Å². The van der Waals surface area contributed by atoms with E-state index in [0.29, 0.717) is 17.5 Å². The molecule has 4 rings (SSSR count). The van der Waals surface area contributed by atoms with Gasteiger partial charge in [-0.2, -0.15) is 5.10 Å². The maximum Gasteiger partial charge on any atom is 0.280 e. The predicted molar refractivity (Wildman–Crippen MR) is 90.5 cm³/mol. The summed E-state index contributed by atoms with van der Waals surface area (Å²) in [5.41, 5.74) is -0.754. The molecule has 6 nitrogen and oxygen atoms in total. The van der Waals surface area contributed by atoms with E-state index in [9.17, 15) is 17.6 Å². The minimum atomic E-state index is -3.02. The summed E-state index contributed by atoms with van der Waals surface area (Å²) in [5, 5.41) is 12.2. The van der Waals surface area contributed by atoms with Gasteiger partial charge in [0.25, 0.3) is 18.7 Å². The molecule has 144 valence electrons. The molecule has 0 unspecified atom stereocenters. The Bertz CT molecular complexity index is 1140. The zero-order valence-corrected chi connectivity index (χ0v) is 14.6. The van der Waals surface area contributed by atoms with Gasteiger partial charge in [0.05, 0.1) is 6.42 Å². The van der Waals surface area contributed by atoms with Gasteiger partial charge in [0, 0.05) is 11.1 Å². The third-order valence-corrected chi connectivity index (χ3v) is 4.09. The Hall–Kier alpha value is -3.01. The van der Waals surface area contributed by atoms with Crippen LogP contribution in [0.5, 0.6) is 0 Å². The highest BCUT2D eigenvalue weighted by molar-refractivity contribution is 6.30. The highest BCUT2D eigenvalue weighted by Crippen LogP contribution is 2.27. The summed E-state index contributed by atoms with van der Waals surface area (Å²) in [6, 6.07) is 8.91. The van der Waals surface area contributed by atoms with Crippen LogP contribution in [0.1, 0.15) is 35.7 Å². The summed E-state index contributed by atoms with van der Waals surface area (Å²) in [4.78, 5) is 3.66. The summed E-state index contributed by atoms with van der Waals surface area (Å²) < 4.78 is 58.6. The first kappa shape index (κ1) is 18.4. The first-order valence-corrected chi connectivity index (χ1v) is 8.32. The lowest BCUT2D eigenvalue weighted by atomic mass is 10.1. The van der Waals surface area contributed by atoms with Crippen molar-refractivity contribution in [3.8, 4) is 11.6 Å². The Morgan fingerprint density at radius 3 is 2.57 bits per heavy atom. The smallest absolute Gasteiger partial charge is 0.280 e. The molecule has 28 heavy (non-hydrogen) atoms. The highest BCUT2D eigenvalue weighted by atomic mass is 35.5. The van der Waals surface area contributed by atoms with Crippen molar-refractivity contribution in [1.82, 2.24) is 24.8 Å². The number of rotatable bonds is 5. The van der Waals surface area contributed by atoms with Crippen LogP contribution in [0.2, 0.25) is 5.02 Å². The first-order valence-electron chi connectivity index (χ1n) is 7.95. The van der Waals surface area contributed by atoms with Crippen LogP contribution in [0.3, 0.4) is 0 Å².